The summed E-state index contributed by atoms with van der Waals surface area (Å²) < 4.78 is 0. The van der Waals surface area contributed by atoms with Gasteiger partial charge in [-0.15, -0.1) is 0 Å². The number of rotatable bonds is 7. The van der Waals surface area contributed by atoms with Crippen molar-refractivity contribution in [2.75, 3.05) is 26.2 Å². The third kappa shape index (κ3) is 5.24. The van der Waals surface area contributed by atoms with Crippen LogP contribution in [0.15, 0.2) is 42.5 Å². The number of fused-ring (bicyclic) bond motifs is 7. The fourth-order valence-electron chi connectivity index (χ4n) is 14.1. The molecule has 268 valence electrons. The predicted octanol–water partition coefficient (Wildman–Crippen LogP) is 9.64. The maximum absolute atomic E-state index is 14.5. The summed E-state index contributed by atoms with van der Waals surface area (Å²) in [5.41, 5.74) is 4.59. The zero-order valence-electron chi connectivity index (χ0n) is 31.5. The van der Waals surface area contributed by atoms with Crippen LogP contribution in [0.5, 0.6) is 0 Å². The summed E-state index contributed by atoms with van der Waals surface area (Å²) in [6.07, 6.45) is 16.8. The highest BCUT2D eigenvalue weighted by Crippen LogP contribution is 2.77. The highest BCUT2D eigenvalue weighted by Gasteiger charge is 2.71. The molecular formula is C44H64N2O3. The van der Waals surface area contributed by atoms with Gasteiger partial charge in [-0.3, -0.25) is 4.79 Å². The quantitative estimate of drug-likeness (QED) is 0.284. The van der Waals surface area contributed by atoms with Gasteiger partial charge in [0.15, 0.2) is 0 Å². The van der Waals surface area contributed by atoms with Gasteiger partial charge in [0.1, 0.15) is 0 Å². The molecule has 5 aliphatic carbocycles. The molecule has 0 radical (unpaired) electrons. The van der Waals surface area contributed by atoms with Crippen molar-refractivity contribution in [3.8, 4) is 0 Å². The highest BCUT2D eigenvalue weighted by molar-refractivity contribution is 5.88. The number of aromatic carboxylic acids is 1. The summed E-state index contributed by atoms with van der Waals surface area (Å²) in [6, 6.07) is 7.58. The van der Waals surface area contributed by atoms with Gasteiger partial charge in [0.2, 0.25) is 5.91 Å². The third-order valence-corrected chi connectivity index (χ3v) is 16.7. The lowest BCUT2D eigenvalue weighted by molar-refractivity contribution is -0.225. The van der Waals surface area contributed by atoms with E-state index in [-0.39, 0.29) is 27.1 Å². The first-order valence-electron chi connectivity index (χ1n) is 19.9. The summed E-state index contributed by atoms with van der Waals surface area (Å²) in [6.45, 7) is 23.8. The lowest BCUT2D eigenvalue weighted by atomic mass is 9.32. The van der Waals surface area contributed by atoms with Crippen LogP contribution in [0.1, 0.15) is 135 Å². The Kier molecular flexibility index (Phi) is 8.85. The topological polar surface area (TPSA) is 69.6 Å². The monoisotopic (exact) mass is 668 g/mol. The van der Waals surface area contributed by atoms with Gasteiger partial charge in [-0.05, 0) is 165 Å². The van der Waals surface area contributed by atoms with E-state index in [0.29, 0.717) is 41.1 Å². The number of benzene rings is 1. The first kappa shape index (κ1) is 35.0. The maximum Gasteiger partial charge on any atom is 0.335 e. The Labute approximate surface area is 296 Å². The van der Waals surface area contributed by atoms with Crippen LogP contribution in [0.3, 0.4) is 0 Å². The molecule has 1 aliphatic heterocycles. The second-order valence-corrected chi connectivity index (χ2v) is 18.9. The van der Waals surface area contributed by atoms with Gasteiger partial charge in [0.25, 0.3) is 0 Å². The minimum atomic E-state index is -0.868. The molecule has 1 amide bonds. The number of likely N-dealkylation sites (tertiary alicyclic amines) is 1. The number of nitrogens with one attached hydrogen (secondary N) is 1. The Balaban J connectivity index is 1.16. The van der Waals surface area contributed by atoms with Crippen LogP contribution in [-0.4, -0.2) is 48.1 Å². The summed E-state index contributed by atoms with van der Waals surface area (Å²) in [5, 5.41) is 13.0. The molecule has 1 saturated heterocycles. The van der Waals surface area contributed by atoms with E-state index in [9.17, 15) is 14.7 Å². The van der Waals surface area contributed by atoms with Crippen LogP contribution >= 0.6 is 0 Å². The first-order valence-corrected chi connectivity index (χ1v) is 19.9. The second kappa shape index (κ2) is 12.4. The zero-order chi connectivity index (χ0) is 35.0. The normalized spacial score (nSPS) is 41.3. The summed E-state index contributed by atoms with van der Waals surface area (Å²) in [4.78, 5) is 28.6. The number of carboxylic acid groups (broad SMARTS) is 1. The number of allylic oxidation sites excluding steroid dienone is 3. The van der Waals surface area contributed by atoms with Crippen LogP contribution in [0, 0.1) is 56.7 Å². The molecule has 6 aliphatic rings. The molecule has 5 fully saturated rings. The third-order valence-electron chi connectivity index (χ3n) is 16.7. The van der Waals surface area contributed by atoms with Crippen LogP contribution in [0.4, 0.5) is 0 Å². The standard InChI is InChI=1S/C44H64N2O3/c1-29(2)32-17-22-44(39(49)45-25-28-46-26-9-8-10-27-46)24-23-42(6)34(37(32)44)15-16-36-41(5)20-18-33(30-11-13-31(14-12-30)38(47)48)40(3,4)35(41)19-21-43(36,42)7/h11-14,18,32,34-37H,1,8-10,15-17,19-28H2,2-7H3,(H,45,49)(H,47,48)/t32-,34?,35?,36?,37?,41-,42+,43+,44-/m0/s1. The van der Waals surface area contributed by atoms with Gasteiger partial charge in [-0.1, -0.05) is 71.4 Å². The van der Waals surface area contributed by atoms with Gasteiger partial charge < -0.3 is 15.3 Å². The molecule has 4 unspecified atom stereocenters. The Morgan fingerprint density at radius 3 is 2.27 bits per heavy atom. The summed E-state index contributed by atoms with van der Waals surface area (Å²) in [5.74, 6) is 2.08. The van der Waals surface area contributed by atoms with Crippen molar-refractivity contribution in [1.82, 2.24) is 10.2 Å². The minimum Gasteiger partial charge on any atom is -0.478 e. The SMILES string of the molecule is C=C(C)[C@@H]1CC[C@]2(C(=O)NCCN3CCCCC3)CC[C@]3(C)C(CCC4[C@@]5(C)CC=C(c6ccc(C(=O)O)cc6)C(C)(C)C5CC[C@]43C)C12. The molecular weight excluding hydrogens is 604 g/mol. The number of carboxylic acids is 1. The van der Waals surface area contributed by atoms with E-state index in [1.165, 1.54) is 74.7 Å². The van der Waals surface area contributed by atoms with Gasteiger partial charge in [0.05, 0.1) is 11.0 Å². The molecule has 7 rings (SSSR count). The minimum absolute atomic E-state index is 0.00132. The summed E-state index contributed by atoms with van der Waals surface area (Å²) >= 11 is 0. The van der Waals surface area contributed by atoms with Crippen LogP contribution < -0.4 is 5.32 Å². The van der Waals surface area contributed by atoms with Crippen LogP contribution in [0.25, 0.3) is 5.57 Å². The van der Waals surface area contributed by atoms with Gasteiger partial charge in [-0.2, -0.15) is 0 Å². The smallest absolute Gasteiger partial charge is 0.335 e. The van der Waals surface area contributed by atoms with Crippen molar-refractivity contribution in [2.24, 2.45) is 56.7 Å². The highest BCUT2D eigenvalue weighted by atomic mass is 16.4. The van der Waals surface area contributed by atoms with E-state index in [1.807, 2.05) is 12.1 Å². The van der Waals surface area contributed by atoms with E-state index in [2.05, 4.69) is 64.4 Å². The fourth-order valence-corrected chi connectivity index (χ4v) is 14.1. The second-order valence-electron chi connectivity index (χ2n) is 18.9. The molecule has 0 aromatic heterocycles. The Bertz CT molecular complexity index is 1500. The lowest BCUT2D eigenvalue weighted by Gasteiger charge is -2.72. The fraction of sp³-hybridized carbons (Fsp3) is 0.727. The van der Waals surface area contributed by atoms with E-state index < -0.39 is 5.97 Å². The molecule has 1 heterocycles. The van der Waals surface area contributed by atoms with E-state index >= 15 is 0 Å². The molecule has 49 heavy (non-hydrogen) atoms. The van der Waals surface area contributed by atoms with Crippen molar-refractivity contribution in [3.63, 3.8) is 0 Å². The molecule has 0 spiro atoms. The number of hydrogen-bond acceptors (Lipinski definition) is 3. The average molecular weight is 669 g/mol. The number of nitrogens with zero attached hydrogens (tertiary/aromatic N) is 1. The van der Waals surface area contributed by atoms with Crippen LogP contribution in [0.2, 0.25) is 0 Å². The van der Waals surface area contributed by atoms with Crippen molar-refractivity contribution in [3.05, 3.63) is 53.6 Å². The summed E-state index contributed by atoms with van der Waals surface area (Å²) in [7, 11) is 0. The Morgan fingerprint density at radius 2 is 1.59 bits per heavy atom. The zero-order valence-corrected chi connectivity index (χ0v) is 31.5. The number of hydrogen-bond donors (Lipinski definition) is 2. The largest absolute Gasteiger partial charge is 0.478 e. The van der Waals surface area contributed by atoms with Crippen molar-refractivity contribution in [1.29, 1.82) is 0 Å². The van der Waals surface area contributed by atoms with E-state index in [4.69, 9.17) is 0 Å². The lowest BCUT2D eigenvalue weighted by Crippen LogP contribution is -2.66. The van der Waals surface area contributed by atoms with Crippen molar-refractivity contribution < 1.29 is 14.7 Å². The number of carbonyl (C=O) groups is 2. The molecule has 1 aromatic rings. The number of amides is 1. The molecule has 2 N–H and O–H groups in total. The Morgan fingerprint density at radius 1 is 0.878 bits per heavy atom. The maximum atomic E-state index is 14.5. The van der Waals surface area contributed by atoms with E-state index in [0.717, 1.165) is 45.2 Å². The van der Waals surface area contributed by atoms with Crippen LogP contribution in [-0.2, 0) is 4.79 Å². The van der Waals surface area contributed by atoms with Gasteiger partial charge >= 0.3 is 5.97 Å². The van der Waals surface area contributed by atoms with Gasteiger partial charge in [0, 0.05) is 13.1 Å². The molecule has 4 saturated carbocycles. The van der Waals surface area contributed by atoms with Gasteiger partial charge in [-0.25, -0.2) is 4.79 Å². The molecule has 0 bridgehead atoms. The molecule has 5 nitrogen and oxygen atoms in total. The number of carbonyl (C=O) groups excluding carboxylic acids is 1. The molecule has 5 heteroatoms. The molecule has 9 atom stereocenters. The average Bonchev–Trinajstić information content (AvgIpc) is 3.47. The van der Waals surface area contributed by atoms with E-state index in [1.54, 1.807) is 12.1 Å². The van der Waals surface area contributed by atoms with Crippen molar-refractivity contribution in [2.45, 2.75) is 119 Å². The predicted molar refractivity (Wildman–Crippen MR) is 199 cm³/mol. The first-order chi connectivity index (χ1) is 23.2. The Hall–Kier alpha value is -2.40. The van der Waals surface area contributed by atoms with Crippen molar-refractivity contribution >= 4 is 17.4 Å². The molecule has 1 aromatic carbocycles. The number of piperidine rings is 1.